The van der Waals surface area contributed by atoms with Gasteiger partial charge in [-0.2, -0.15) is 0 Å². The number of hydrogen-bond donors (Lipinski definition) is 2. The Morgan fingerprint density at radius 3 is 2.65 bits per heavy atom. The predicted molar refractivity (Wildman–Crippen MR) is 119 cm³/mol. The number of carbonyl (C=O) groups is 3. The van der Waals surface area contributed by atoms with E-state index in [0.29, 0.717) is 24.2 Å². The van der Waals surface area contributed by atoms with Gasteiger partial charge < -0.3 is 11.1 Å². The van der Waals surface area contributed by atoms with Crippen LogP contribution in [0.5, 0.6) is 0 Å². The molecule has 1 aromatic rings. The zero-order chi connectivity index (χ0) is 22.1. The van der Waals surface area contributed by atoms with E-state index < -0.39 is 22.9 Å². The number of allylic oxidation sites excluding steroid dienone is 4. The Bertz CT molecular complexity index is 1050. The van der Waals surface area contributed by atoms with E-state index in [1.54, 1.807) is 12.3 Å². The molecule has 0 radical (unpaired) electrons. The van der Waals surface area contributed by atoms with Crippen LogP contribution < -0.4 is 11.1 Å². The number of primary amides is 1. The monoisotopic (exact) mass is 418 g/mol. The number of hydrogen-bond acceptors (Lipinski definition) is 5. The molecule has 2 amide bonds. The molecule has 3 aliphatic rings. The number of ketones is 1. The van der Waals surface area contributed by atoms with Crippen molar-refractivity contribution in [2.24, 2.45) is 26.5 Å². The maximum absolute atomic E-state index is 13.2. The molecule has 4 rings (SSSR count). The Morgan fingerprint density at radius 2 is 1.94 bits per heavy atom. The van der Waals surface area contributed by atoms with Crippen molar-refractivity contribution in [3.63, 3.8) is 0 Å². The summed E-state index contributed by atoms with van der Waals surface area (Å²) in [5, 5.41) is 2.95. The van der Waals surface area contributed by atoms with Gasteiger partial charge in [-0.25, -0.2) is 0 Å². The number of carbonyl (C=O) groups excluding carboxylic acids is 3. The van der Waals surface area contributed by atoms with Crippen LogP contribution >= 0.6 is 0 Å². The molecular weight excluding hydrogens is 392 g/mol. The van der Waals surface area contributed by atoms with Crippen LogP contribution in [0.4, 0.5) is 5.69 Å². The fourth-order valence-electron chi connectivity index (χ4n) is 4.66. The van der Waals surface area contributed by atoms with E-state index in [1.165, 1.54) is 6.08 Å². The van der Waals surface area contributed by atoms with Gasteiger partial charge >= 0.3 is 0 Å². The van der Waals surface area contributed by atoms with Gasteiger partial charge in [-0.1, -0.05) is 49.3 Å². The zero-order valence-corrected chi connectivity index (χ0v) is 17.5. The Labute approximate surface area is 181 Å². The van der Waals surface area contributed by atoms with E-state index in [0.717, 1.165) is 18.4 Å². The summed E-state index contributed by atoms with van der Waals surface area (Å²) in [6.07, 6.45) is 10.7. The summed E-state index contributed by atoms with van der Waals surface area (Å²) in [6, 6.07) is 7.48. The van der Waals surface area contributed by atoms with Crippen molar-refractivity contribution in [3.8, 4) is 0 Å². The van der Waals surface area contributed by atoms with Crippen LogP contribution in [-0.4, -0.2) is 35.7 Å². The highest BCUT2D eigenvalue weighted by Gasteiger charge is 2.44. The maximum atomic E-state index is 13.2. The molecule has 1 saturated carbocycles. The van der Waals surface area contributed by atoms with Gasteiger partial charge in [0.05, 0.1) is 22.2 Å². The lowest BCUT2D eigenvalue weighted by Crippen LogP contribution is -2.47. The Kier molecular flexibility index (Phi) is 5.43. The number of rotatable bonds is 5. The van der Waals surface area contributed by atoms with Crippen molar-refractivity contribution < 1.29 is 14.4 Å². The van der Waals surface area contributed by atoms with Gasteiger partial charge in [-0.15, -0.1) is 0 Å². The first-order valence-corrected chi connectivity index (χ1v) is 10.6. The Morgan fingerprint density at radius 1 is 1.19 bits per heavy atom. The van der Waals surface area contributed by atoms with Crippen molar-refractivity contribution >= 4 is 35.2 Å². The third-order valence-electron chi connectivity index (χ3n) is 6.41. The molecule has 0 aromatic heterocycles. The number of aliphatic imine (C=N–C) groups is 2. The molecule has 0 saturated heterocycles. The maximum Gasteiger partial charge on any atom is 0.228 e. The second kappa shape index (κ2) is 8.06. The summed E-state index contributed by atoms with van der Waals surface area (Å²) in [5.74, 6) is -0.818. The topological polar surface area (TPSA) is 114 Å². The zero-order valence-electron chi connectivity index (χ0n) is 17.5. The molecule has 7 heteroatoms. The van der Waals surface area contributed by atoms with Crippen molar-refractivity contribution in [1.82, 2.24) is 5.32 Å². The van der Waals surface area contributed by atoms with Gasteiger partial charge in [0.15, 0.2) is 11.9 Å². The summed E-state index contributed by atoms with van der Waals surface area (Å²) in [6.45, 7) is 1.82. The summed E-state index contributed by atoms with van der Waals surface area (Å²) in [7, 11) is 0. The van der Waals surface area contributed by atoms with Crippen LogP contribution in [0.2, 0.25) is 0 Å². The molecule has 2 atom stereocenters. The van der Waals surface area contributed by atoms with Gasteiger partial charge in [0.25, 0.3) is 0 Å². The number of para-hydroxylation sites is 1. The number of amides is 2. The highest BCUT2D eigenvalue weighted by Crippen LogP contribution is 2.41. The van der Waals surface area contributed by atoms with Gasteiger partial charge in [0.1, 0.15) is 0 Å². The Balaban J connectivity index is 1.71. The van der Waals surface area contributed by atoms with Crippen molar-refractivity contribution in [3.05, 3.63) is 54.1 Å². The minimum absolute atomic E-state index is 0.0171. The van der Waals surface area contributed by atoms with Crippen LogP contribution in [-0.2, 0) is 14.4 Å². The van der Waals surface area contributed by atoms with E-state index in [4.69, 9.17) is 10.7 Å². The molecule has 1 aliphatic heterocycles. The molecule has 0 spiro atoms. The summed E-state index contributed by atoms with van der Waals surface area (Å²) < 4.78 is 0. The molecule has 7 nitrogen and oxygen atoms in total. The second-order valence-corrected chi connectivity index (χ2v) is 8.61. The highest BCUT2D eigenvalue weighted by atomic mass is 16.2. The number of nitrogens with one attached hydrogen (secondary N) is 1. The first-order valence-electron chi connectivity index (χ1n) is 10.6. The molecule has 2 aliphatic carbocycles. The van der Waals surface area contributed by atoms with Crippen LogP contribution in [0.15, 0.2) is 58.6 Å². The quantitative estimate of drug-likeness (QED) is 0.766. The Hall–Kier alpha value is -3.35. The standard InChI is InChI=1S/C24H26N4O3/c1-23(11-5-4-10-18(23)29)21-16-8-2-3-9-17(16)26-15-20(27-21)28-22(31)24(14-19(25)30)12-6-7-13-24/h2-5,8-11,15,20H,6-7,12-14H2,1H3,(H2,25,30)(H,28,31)/t20-,23?/m1/s1. The van der Waals surface area contributed by atoms with Crippen LogP contribution in [0, 0.1) is 10.8 Å². The van der Waals surface area contributed by atoms with Crippen LogP contribution in [0.25, 0.3) is 0 Å². The van der Waals surface area contributed by atoms with E-state index in [-0.39, 0.29) is 18.1 Å². The van der Waals surface area contributed by atoms with Gasteiger partial charge in [0.2, 0.25) is 11.8 Å². The second-order valence-electron chi connectivity index (χ2n) is 8.61. The fraction of sp³-hybridized carbons (Fsp3) is 0.375. The third-order valence-corrected chi connectivity index (χ3v) is 6.41. The number of fused-ring (bicyclic) bond motifs is 1. The fourth-order valence-corrected chi connectivity index (χ4v) is 4.66. The molecule has 1 unspecified atom stereocenters. The van der Waals surface area contributed by atoms with Gasteiger partial charge in [-0.05, 0) is 31.9 Å². The smallest absolute Gasteiger partial charge is 0.228 e. The molecule has 31 heavy (non-hydrogen) atoms. The van der Waals surface area contributed by atoms with Crippen molar-refractivity contribution in [2.75, 3.05) is 0 Å². The normalized spacial score (nSPS) is 26.2. The molecule has 1 fully saturated rings. The molecule has 1 heterocycles. The SMILES string of the molecule is CC1(C2=N[C@H](NC(=O)C3(CC(N)=O)CCCC3)C=Nc3ccccc32)C=CC=CC1=O. The predicted octanol–water partition coefficient (Wildman–Crippen LogP) is 2.77. The molecule has 0 bridgehead atoms. The van der Waals surface area contributed by atoms with Gasteiger partial charge in [-0.3, -0.25) is 24.4 Å². The van der Waals surface area contributed by atoms with Gasteiger partial charge in [0, 0.05) is 18.2 Å². The lowest BCUT2D eigenvalue weighted by atomic mass is 9.75. The first kappa shape index (κ1) is 20.9. The average Bonchev–Trinajstić information content (AvgIpc) is 3.13. The number of benzene rings is 1. The highest BCUT2D eigenvalue weighted by molar-refractivity contribution is 6.24. The lowest BCUT2D eigenvalue weighted by molar-refractivity contribution is -0.135. The summed E-state index contributed by atoms with van der Waals surface area (Å²) >= 11 is 0. The minimum atomic E-state index is -0.972. The largest absolute Gasteiger partial charge is 0.370 e. The summed E-state index contributed by atoms with van der Waals surface area (Å²) in [4.78, 5) is 47.1. The molecule has 1 aromatic carbocycles. The van der Waals surface area contributed by atoms with Crippen molar-refractivity contribution in [2.45, 2.75) is 45.2 Å². The number of nitrogens with zero attached hydrogens (tertiary/aromatic N) is 2. The lowest BCUT2D eigenvalue weighted by Gasteiger charge is -2.30. The summed E-state index contributed by atoms with van der Waals surface area (Å²) in [5.41, 5.74) is 5.64. The van der Waals surface area contributed by atoms with Crippen LogP contribution in [0.1, 0.15) is 44.6 Å². The molecule has 3 N–H and O–H groups in total. The van der Waals surface area contributed by atoms with E-state index in [9.17, 15) is 14.4 Å². The van der Waals surface area contributed by atoms with E-state index in [2.05, 4.69) is 10.3 Å². The molecular formula is C24H26N4O3. The average molecular weight is 418 g/mol. The van der Waals surface area contributed by atoms with E-state index in [1.807, 2.05) is 43.3 Å². The molecule has 160 valence electrons. The van der Waals surface area contributed by atoms with E-state index >= 15 is 0 Å². The first-order chi connectivity index (χ1) is 14.8. The third kappa shape index (κ3) is 3.87. The minimum Gasteiger partial charge on any atom is -0.370 e. The number of nitrogens with two attached hydrogens (primary N) is 1. The van der Waals surface area contributed by atoms with Crippen molar-refractivity contribution in [1.29, 1.82) is 0 Å². The van der Waals surface area contributed by atoms with Crippen LogP contribution in [0.3, 0.4) is 0 Å².